The van der Waals surface area contributed by atoms with Gasteiger partial charge in [-0.3, -0.25) is 4.98 Å². The number of aryl methyl sites for hydroxylation is 3. The van der Waals surface area contributed by atoms with Crippen LogP contribution in [-0.4, -0.2) is 4.98 Å². The molecular weight excluding hydrogens is 134 g/mol. The van der Waals surface area contributed by atoms with E-state index in [1.807, 2.05) is 26.8 Å². The van der Waals surface area contributed by atoms with Gasteiger partial charge in [-0.2, -0.15) is 0 Å². The molecule has 0 saturated heterocycles. The van der Waals surface area contributed by atoms with Crippen LogP contribution in [0.15, 0.2) is 6.07 Å². The first-order valence-corrected chi connectivity index (χ1v) is 3.56. The van der Waals surface area contributed by atoms with Crippen LogP contribution < -0.4 is 0 Å². The van der Waals surface area contributed by atoms with E-state index in [-0.39, 0.29) is 0 Å². The topological polar surface area (TPSA) is 12.9 Å². The molecule has 11 heavy (non-hydrogen) atoms. The second kappa shape index (κ2) is 2.75. The third-order valence-electron chi connectivity index (χ3n) is 1.67. The van der Waals surface area contributed by atoms with Crippen molar-refractivity contribution in [1.29, 1.82) is 0 Å². The highest BCUT2D eigenvalue weighted by Crippen LogP contribution is 2.10. The van der Waals surface area contributed by atoms with Crippen LogP contribution in [0.3, 0.4) is 0 Å². The van der Waals surface area contributed by atoms with Crippen LogP contribution in [0.4, 0.5) is 0 Å². The molecule has 0 aliphatic heterocycles. The van der Waals surface area contributed by atoms with Crippen LogP contribution in [0.5, 0.6) is 0 Å². The molecule has 1 heteroatoms. The van der Waals surface area contributed by atoms with Gasteiger partial charge in [-0.05, 0) is 32.4 Å². The minimum absolute atomic E-state index is 0.926. The lowest BCUT2D eigenvalue weighted by molar-refractivity contribution is 1.09. The average Bonchev–Trinajstić information content (AvgIpc) is 1.85. The predicted molar refractivity (Wildman–Crippen MR) is 46.4 cm³/mol. The van der Waals surface area contributed by atoms with Gasteiger partial charge >= 0.3 is 0 Å². The summed E-state index contributed by atoms with van der Waals surface area (Å²) in [6.07, 6.45) is 5.31. The van der Waals surface area contributed by atoms with Gasteiger partial charge in [0.2, 0.25) is 0 Å². The first-order valence-electron chi connectivity index (χ1n) is 3.56. The van der Waals surface area contributed by atoms with E-state index in [4.69, 9.17) is 6.42 Å². The largest absolute Gasteiger partial charge is 0.257 e. The Morgan fingerprint density at radius 2 is 2.00 bits per heavy atom. The zero-order valence-corrected chi connectivity index (χ0v) is 7.10. The van der Waals surface area contributed by atoms with Crippen LogP contribution in [0, 0.1) is 33.1 Å². The van der Waals surface area contributed by atoms with Gasteiger partial charge in [-0.25, -0.2) is 0 Å². The quantitative estimate of drug-likeness (QED) is 0.509. The van der Waals surface area contributed by atoms with E-state index in [0.29, 0.717) is 0 Å². The summed E-state index contributed by atoms with van der Waals surface area (Å²) in [5.41, 5.74) is 4.04. The van der Waals surface area contributed by atoms with Gasteiger partial charge < -0.3 is 0 Å². The Hall–Kier alpha value is -1.29. The fraction of sp³-hybridized carbons (Fsp3) is 0.300. The van der Waals surface area contributed by atoms with Gasteiger partial charge in [0.15, 0.2) is 0 Å². The van der Waals surface area contributed by atoms with Gasteiger partial charge in [-0.15, -0.1) is 6.42 Å². The molecule has 0 bridgehead atoms. The predicted octanol–water partition coefficient (Wildman–Crippen LogP) is 1.99. The Bertz CT molecular complexity index is 295. The van der Waals surface area contributed by atoms with Gasteiger partial charge in [0, 0.05) is 11.3 Å². The van der Waals surface area contributed by atoms with Crippen molar-refractivity contribution in [3.8, 4) is 12.3 Å². The van der Waals surface area contributed by atoms with E-state index in [1.54, 1.807) is 0 Å². The van der Waals surface area contributed by atoms with Gasteiger partial charge in [0.25, 0.3) is 0 Å². The Labute approximate surface area is 67.5 Å². The van der Waals surface area contributed by atoms with Crippen LogP contribution in [0.2, 0.25) is 0 Å². The molecule has 1 rings (SSSR count). The van der Waals surface area contributed by atoms with Crippen molar-refractivity contribution in [2.75, 3.05) is 0 Å². The molecule has 0 saturated carbocycles. The molecule has 1 nitrogen and oxygen atoms in total. The first-order chi connectivity index (χ1) is 5.15. The molecule has 0 aliphatic rings. The highest BCUT2D eigenvalue weighted by molar-refractivity contribution is 5.42. The number of hydrogen-bond acceptors (Lipinski definition) is 1. The maximum absolute atomic E-state index is 5.31. The van der Waals surface area contributed by atoms with Crippen molar-refractivity contribution in [1.82, 2.24) is 4.98 Å². The van der Waals surface area contributed by atoms with Crippen molar-refractivity contribution in [3.05, 3.63) is 28.6 Å². The summed E-state index contributed by atoms with van der Waals surface area (Å²) >= 11 is 0. The minimum atomic E-state index is 0.926. The van der Waals surface area contributed by atoms with Crippen LogP contribution in [0.25, 0.3) is 0 Å². The average molecular weight is 145 g/mol. The molecule has 0 amide bonds. The zero-order chi connectivity index (χ0) is 8.43. The molecule has 1 aromatic rings. The molecule has 1 aromatic heterocycles. The Kier molecular flexibility index (Phi) is 1.96. The monoisotopic (exact) mass is 145 g/mol. The zero-order valence-electron chi connectivity index (χ0n) is 7.10. The number of hydrogen-bond donors (Lipinski definition) is 0. The number of rotatable bonds is 0. The molecule has 0 unspecified atom stereocenters. The van der Waals surface area contributed by atoms with Crippen molar-refractivity contribution in [3.63, 3.8) is 0 Å². The molecule has 56 valence electrons. The van der Waals surface area contributed by atoms with Crippen molar-refractivity contribution >= 4 is 0 Å². The van der Waals surface area contributed by atoms with E-state index in [1.165, 1.54) is 0 Å². The summed E-state index contributed by atoms with van der Waals surface area (Å²) < 4.78 is 0. The highest BCUT2D eigenvalue weighted by Gasteiger charge is 2.00. The van der Waals surface area contributed by atoms with Crippen molar-refractivity contribution < 1.29 is 0 Å². The molecular formula is C10H11N. The first kappa shape index (κ1) is 7.81. The number of pyridine rings is 1. The number of aromatic nitrogens is 1. The third-order valence-corrected chi connectivity index (χ3v) is 1.67. The Morgan fingerprint density at radius 3 is 2.45 bits per heavy atom. The molecule has 0 radical (unpaired) electrons. The normalized spacial score (nSPS) is 9.27. The number of nitrogens with zero attached hydrogens (tertiary/aromatic N) is 1. The Balaban J connectivity index is 3.40. The molecule has 1 heterocycles. The van der Waals surface area contributed by atoms with Crippen LogP contribution in [0.1, 0.15) is 22.5 Å². The molecule has 0 aromatic carbocycles. The van der Waals surface area contributed by atoms with Gasteiger partial charge in [0.05, 0.1) is 5.69 Å². The highest BCUT2D eigenvalue weighted by atomic mass is 14.7. The second-order valence-electron chi connectivity index (χ2n) is 2.69. The van der Waals surface area contributed by atoms with Gasteiger partial charge in [0.1, 0.15) is 0 Å². The lowest BCUT2D eigenvalue weighted by atomic mass is 10.1. The molecule has 0 aliphatic carbocycles. The van der Waals surface area contributed by atoms with Crippen LogP contribution >= 0.6 is 0 Å². The van der Waals surface area contributed by atoms with E-state index in [9.17, 15) is 0 Å². The Morgan fingerprint density at radius 1 is 1.36 bits per heavy atom. The summed E-state index contributed by atoms with van der Waals surface area (Å²) in [4.78, 5) is 4.26. The third kappa shape index (κ3) is 1.40. The minimum Gasteiger partial charge on any atom is -0.257 e. The maximum atomic E-state index is 5.31. The summed E-state index contributed by atoms with van der Waals surface area (Å²) in [5, 5.41) is 0. The smallest absolute Gasteiger partial charge is 0.0534 e. The lowest BCUT2D eigenvalue weighted by Gasteiger charge is -2.02. The summed E-state index contributed by atoms with van der Waals surface area (Å²) in [5.74, 6) is 2.63. The molecule has 0 fully saturated rings. The molecule has 0 atom stereocenters. The molecule has 0 N–H and O–H groups in total. The maximum Gasteiger partial charge on any atom is 0.0534 e. The van der Waals surface area contributed by atoms with Crippen molar-refractivity contribution in [2.45, 2.75) is 20.8 Å². The van der Waals surface area contributed by atoms with Crippen molar-refractivity contribution in [2.24, 2.45) is 0 Å². The van der Waals surface area contributed by atoms with Gasteiger partial charge in [-0.1, -0.05) is 5.92 Å². The van der Waals surface area contributed by atoms with E-state index < -0.39 is 0 Å². The second-order valence-corrected chi connectivity index (χ2v) is 2.69. The molecule has 0 spiro atoms. The SMILES string of the molecule is C#Cc1c(C)cc(C)nc1C. The summed E-state index contributed by atoms with van der Waals surface area (Å²) in [6, 6.07) is 2.00. The lowest BCUT2D eigenvalue weighted by Crippen LogP contribution is -1.93. The fourth-order valence-electron chi connectivity index (χ4n) is 1.24. The summed E-state index contributed by atoms with van der Waals surface area (Å²) in [7, 11) is 0. The van der Waals surface area contributed by atoms with E-state index in [0.717, 1.165) is 22.5 Å². The fourth-order valence-corrected chi connectivity index (χ4v) is 1.24. The van der Waals surface area contributed by atoms with E-state index in [2.05, 4.69) is 10.9 Å². The number of terminal acetylenes is 1. The standard InChI is InChI=1S/C10H11N/c1-5-10-7(2)6-8(3)11-9(10)4/h1,6H,2-4H3. The summed E-state index contributed by atoms with van der Waals surface area (Å²) in [6.45, 7) is 5.92. The van der Waals surface area contributed by atoms with E-state index >= 15 is 0 Å². The van der Waals surface area contributed by atoms with Crippen LogP contribution in [-0.2, 0) is 0 Å².